The molecule has 1 N–H and O–H groups in total. The van der Waals surface area contributed by atoms with Gasteiger partial charge in [0.05, 0.1) is 0 Å². The number of hydrogen-bond donors (Lipinski definition) is 1. The SMILES string of the molecule is FC(F)(F)c1nsc(Nc2ccccn2)n1. The fraction of sp³-hybridized carbons (Fsp3) is 0.125. The van der Waals surface area contributed by atoms with E-state index in [1.165, 1.54) is 6.20 Å². The number of nitrogens with one attached hydrogen (secondary N) is 1. The minimum Gasteiger partial charge on any atom is -0.315 e. The van der Waals surface area contributed by atoms with Gasteiger partial charge in [0, 0.05) is 17.7 Å². The maximum atomic E-state index is 12.2. The molecule has 0 spiro atoms. The van der Waals surface area contributed by atoms with Crippen molar-refractivity contribution >= 4 is 22.5 Å². The van der Waals surface area contributed by atoms with Crippen molar-refractivity contribution in [3.63, 3.8) is 0 Å². The first-order chi connectivity index (χ1) is 7.55. The lowest BCUT2D eigenvalue weighted by Crippen LogP contribution is -2.07. The van der Waals surface area contributed by atoms with Gasteiger partial charge in [-0.2, -0.15) is 22.5 Å². The normalized spacial score (nSPS) is 11.4. The van der Waals surface area contributed by atoms with Crippen molar-refractivity contribution in [1.82, 2.24) is 14.3 Å². The summed E-state index contributed by atoms with van der Waals surface area (Å²) in [7, 11) is 0. The molecule has 0 fully saturated rings. The molecule has 2 rings (SSSR count). The molecule has 0 aliphatic carbocycles. The summed E-state index contributed by atoms with van der Waals surface area (Å²) in [6.07, 6.45) is -2.99. The summed E-state index contributed by atoms with van der Waals surface area (Å²) < 4.78 is 39.7. The zero-order chi connectivity index (χ0) is 11.6. The molecule has 84 valence electrons. The number of aromatic nitrogens is 3. The molecule has 2 aromatic heterocycles. The van der Waals surface area contributed by atoms with Crippen molar-refractivity contribution in [2.45, 2.75) is 6.18 Å². The number of pyridine rings is 1. The third-order valence-corrected chi connectivity index (χ3v) is 2.21. The number of halogens is 3. The Bertz CT molecular complexity index is 468. The Kier molecular flexibility index (Phi) is 2.73. The molecule has 0 radical (unpaired) electrons. The highest BCUT2D eigenvalue weighted by Crippen LogP contribution is 2.29. The second-order valence-electron chi connectivity index (χ2n) is 2.76. The van der Waals surface area contributed by atoms with Gasteiger partial charge >= 0.3 is 6.18 Å². The minimum atomic E-state index is -4.51. The monoisotopic (exact) mass is 246 g/mol. The number of hydrogen-bond acceptors (Lipinski definition) is 5. The molecular weight excluding hydrogens is 241 g/mol. The molecular formula is C8H5F3N4S. The quantitative estimate of drug-likeness (QED) is 0.885. The van der Waals surface area contributed by atoms with Gasteiger partial charge in [0.2, 0.25) is 11.0 Å². The van der Waals surface area contributed by atoms with Crippen LogP contribution in [0.4, 0.5) is 24.1 Å². The first-order valence-corrected chi connectivity index (χ1v) is 4.92. The van der Waals surface area contributed by atoms with Crippen LogP contribution in [0, 0.1) is 0 Å². The lowest BCUT2D eigenvalue weighted by atomic mass is 10.5. The summed E-state index contributed by atoms with van der Waals surface area (Å²) >= 11 is 0.639. The number of alkyl halides is 3. The second kappa shape index (κ2) is 4.05. The molecule has 0 aromatic carbocycles. The first-order valence-electron chi connectivity index (χ1n) is 4.14. The van der Waals surface area contributed by atoms with Crippen LogP contribution >= 0.6 is 11.5 Å². The second-order valence-corrected chi connectivity index (χ2v) is 3.51. The van der Waals surface area contributed by atoms with Gasteiger partial charge in [0.25, 0.3) is 0 Å². The van der Waals surface area contributed by atoms with E-state index in [2.05, 4.69) is 19.7 Å². The summed E-state index contributed by atoms with van der Waals surface area (Å²) in [6.45, 7) is 0. The van der Waals surface area contributed by atoms with Crippen LogP contribution in [0.25, 0.3) is 0 Å². The molecule has 2 aromatic rings. The van der Waals surface area contributed by atoms with Crippen LogP contribution in [0.15, 0.2) is 24.4 Å². The summed E-state index contributed by atoms with van der Waals surface area (Å²) in [4.78, 5) is 7.20. The zero-order valence-electron chi connectivity index (χ0n) is 7.69. The minimum absolute atomic E-state index is 0.0611. The third kappa shape index (κ3) is 2.45. The van der Waals surface area contributed by atoms with E-state index in [9.17, 15) is 13.2 Å². The van der Waals surface area contributed by atoms with Crippen LogP contribution in [0.3, 0.4) is 0 Å². The fourth-order valence-electron chi connectivity index (χ4n) is 0.936. The Morgan fingerprint density at radius 3 is 2.62 bits per heavy atom. The molecule has 4 nitrogen and oxygen atoms in total. The Balaban J connectivity index is 2.15. The smallest absolute Gasteiger partial charge is 0.315 e. The van der Waals surface area contributed by atoms with E-state index in [1.807, 2.05) is 0 Å². The van der Waals surface area contributed by atoms with E-state index in [0.29, 0.717) is 17.4 Å². The molecule has 0 unspecified atom stereocenters. The molecule has 0 saturated carbocycles. The Hall–Kier alpha value is -1.70. The van der Waals surface area contributed by atoms with Crippen LogP contribution in [0.2, 0.25) is 0 Å². The first kappa shape index (κ1) is 10.8. The zero-order valence-corrected chi connectivity index (χ0v) is 8.51. The van der Waals surface area contributed by atoms with Gasteiger partial charge in [0.15, 0.2) is 0 Å². The highest BCUT2D eigenvalue weighted by atomic mass is 32.1. The van der Waals surface area contributed by atoms with Crippen molar-refractivity contribution in [2.75, 3.05) is 5.32 Å². The molecule has 16 heavy (non-hydrogen) atoms. The van der Waals surface area contributed by atoms with Crippen LogP contribution in [0.1, 0.15) is 5.82 Å². The van der Waals surface area contributed by atoms with Gasteiger partial charge < -0.3 is 5.32 Å². The fourth-order valence-corrected chi connectivity index (χ4v) is 1.53. The van der Waals surface area contributed by atoms with Crippen molar-refractivity contribution < 1.29 is 13.2 Å². The Morgan fingerprint density at radius 1 is 1.25 bits per heavy atom. The lowest BCUT2D eigenvalue weighted by molar-refractivity contribution is -0.144. The average Bonchev–Trinajstić information content (AvgIpc) is 2.67. The molecule has 0 saturated heterocycles. The number of anilines is 2. The predicted octanol–water partition coefficient (Wildman–Crippen LogP) is 2.70. The van der Waals surface area contributed by atoms with Crippen molar-refractivity contribution in [1.29, 1.82) is 0 Å². The maximum absolute atomic E-state index is 12.2. The van der Waals surface area contributed by atoms with Crippen LogP contribution in [0.5, 0.6) is 0 Å². The summed E-state index contributed by atoms with van der Waals surface area (Å²) in [5.41, 5.74) is 0. The van der Waals surface area contributed by atoms with Crippen LogP contribution in [-0.2, 0) is 6.18 Å². The predicted molar refractivity (Wildman–Crippen MR) is 52.4 cm³/mol. The van der Waals surface area contributed by atoms with E-state index >= 15 is 0 Å². The van der Waals surface area contributed by atoms with E-state index in [4.69, 9.17) is 0 Å². The van der Waals surface area contributed by atoms with Crippen LogP contribution in [-0.4, -0.2) is 14.3 Å². The van der Waals surface area contributed by atoms with Crippen LogP contribution < -0.4 is 5.32 Å². The highest BCUT2D eigenvalue weighted by molar-refractivity contribution is 7.09. The molecule has 0 bridgehead atoms. The van der Waals surface area contributed by atoms with Crippen molar-refractivity contribution in [2.24, 2.45) is 0 Å². The number of rotatable bonds is 2. The molecule has 0 aliphatic rings. The molecule has 0 amide bonds. The molecule has 8 heteroatoms. The maximum Gasteiger partial charge on any atom is 0.452 e. The van der Waals surface area contributed by atoms with E-state index in [0.717, 1.165) is 0 Å². The third-order valence-electron chi connectivity index (χ3n) is 1.58. The van der Waals surface area contributed by atoms with E-state index in [-0.39, 0.29) is 5.13 Å². The van der Waals surface area contributed by atoms with E-state index in [1.54, 1.807) is 18.2 Å². The number of nitrogens with zero attached hydrogens (tertiary/aromatic N) is 3. The Labute approximate surface area is 92.3 Å². The van der Waals surface area contributed by atoms with Crippen molar-refractivity contribution in [3.8, 4) is 0 Å². The standard InChI is InChI=1S/C8H5F3N4S/c9-8(10,11)6-14-7(16-15-6)13-5-3-1-2-4-12-5/h1-4H,(H,12,13,14,15). The van der Waals surface area contributed by atoms with Crippen molar-refractivity contribution in [3.05, 3.63) is 30.2 Å². The Morgan fingerprint density at radius 2 is 2.06 bits per heavy atom. The highest BCUT2D eigenvalue weighted by Gasteiger charge is 2.36. The molecule has 0 aliphatic heterocycles. The lowest BCUT2D eigenvalue weighted by Gasteiger charge is -1.99. The molecule has 0 atom stereocenters. The summed E-state index contributed by atoms with van der Waals surface area (Å²) in [5.74, 6) is -0.719. The van der Waals surface area contributed by atoms with Gasteiger partial charge in [-0.25, -0.2) is 4.98 Å². The van der Waals surface area contributed by atoms with Gasteiger partial charge in [-0.05, 0) is 12.1 Å². The van der Waals surface area contributed by atoms with Gasteiger partial charge in [-0.1, -0.05) is 6.07 Å². The summed E-state index contributed by atoms with van der Waals surface area (Å²) in [5, 5.41) is 2.69. The molecule has 2 heterocycles. The largest absolute Gasteiger partial charge is 0.452 e. The van der Waals surface area contributed by atoms with E-state index < -0.39 is 12.0 Å². The van der Waals surface area contributed by atoms with Gasteiger partial charge in [-0.15, -0.1) is 0 Å². The van der Waals surface area contributed by atoms with Gasteiger partial charge in [0.1, 0.15) is 5.82 Å². The topological polar surface area (TPSA) is 50.7 Å². The summed E-state index contributed by atoms with van der Waals surface area (Å²) in [6, 6.07) is 5.03. The average molecular weight is 246 g/mol. The van der Waals surface area contributed by atoms with Gasteiger partial charge in [-0.3, -0.25) is 0 Å².